The lowest BCUT2D eigenvalue weighted by Crippen LogP contribution is -2.46. The van der Waals surface area contributed by atoms with Gasteiger partial charge in [0, 0.05) is 6.61 Å². The van der Waals surface area contributed by atoms with Crippen molar-refractivity contribution in [3.63, 3.8) is 0 Å². The molecule has 122 valence electrons. The zero-order chi connectivity index (χ0) is 15.9. The summed E-state index contributed by atoms with van der Waals surface area (Å²) in [4.78, 5) is 9.27. The number of rotatable bonds is 10. The minimum absolute atomic E-state index is 0.169. The quantitative estimate of drug-likeness (QED) is 0.458. The molecular weight excluding hydrogens is 254 g/mol. The third-order valence-corrected chi connectivity index (χ3v) is 3.42. The van der Waals surface area contributed by atoms with Crippen LogP contribution in [0.1, 0.15) is 66.2 Å². The molecule has 0 spiro atoms. The molecule has 4 nitrogen and oxygen atoms in total. The molecule has 0 saturated heterocycles. The van der Waals surface area contributed by atoms with E-state index in [4.69, 9.17) is 0 Å². The Labute approximate surface area is 125 Å². The van der Waals surface area contributed by atoms with Gasteiger partial charge in [-0.15, -0.1) is 0 Å². The number of hydrogen-bond acceptors (Lipinski definition) is 3. The van der Waals surface area contributed by atoms with E-state index in [9.17, 15) is 9.90 Å². The van der Waals surface area contributed by atoms with Crippen LogP contribution < -0.4 is 5.11 Å². The Morgan fingerprint density at radius 2 is 1.25 bits per heavy atom. The van der Waals surface area contributed by atoms with Crippen molar-refractivity contribution in [3.8, 4) is 0 Å². The van der Waals surface area contributed by atoms with E-state index in [1.165, 1.54) is 62.6 Å². The van der Waals surface area contributed by atoms with Gasteiger partial charge in [0.1, 0.15) is 0 Å². The maximum atomic E-state index is 9.27. The van der Waals surface area contributed by atoms with E-state index < -0.39 is 6.16 Å². The lowest BCUT2D eigenvalue weighted by Gasteiger charge is -2.34. The van der Waals surface area contributed by atoms with Gasteiger partial charge in [-0.1, -0.05) is 40.0 Å². The third-order valence-electron chi connectivity index (χ3n) is 3.42. The van der Waals surface area contributed by atoms with Crippen molar-refractivity contribution in [1.82, 2.24) is 0 Å². The van der Waals surface area contributed by atoms with E-state index in [0.29, 0.717) is 0 Å². The molecular formula is C16H35NO3. The highest BCUT2D eigenvalue weighted by atomic mass is 16.7. The summed E-state index contributed by atoms with van der Waals surface area (Å²) in [6.45, 7) is 12.8. The Bertz CT molecular complexity index is 198. The Morgan fingerprint density at radius 3 is 1.40 bits per heavy atom. The summed E-state index contributed by atoms with van der Waals surface area (Å²) in [6.07, 6.45) is 6.74. The lowest BCUT2D eigenvalue weighted by molar-refractivity contribution is -0.910. The predicted octanol–water partition coefficient (Wildman–Crippen LogP) is 3.20. The third kappa shape index (κ3) is 15.3. The Balaban J connectivity index is 0. The smallest absolute Gasteiger partial charge is 0.251 e. The van der Waals surface area contributed by atoms with Crippen LogP contribution in [0.15, 0.2) is 0 Å². The van der Waals surface area contributed by atoms with Crippen molar-refractivity contribution < 1.29 is 19.1 Å². The summed E-state index contributed by atoms with van der Waals surface area (Å²) < 4.78 is 5.16. The van der Waals surface area contributed by atoms with Crippen molar-refractivity contribution >= 4 is 6.16 Å². The van der Waals surface area contributed by atoms with E-state index in [1.807, 2.05) is 0 Å². The molecule has 0 aliphatic rings. The van der Waals surface area contributed by atoms with Crippen molar-refractivity contribution in [2.45, 2.75) is 66.2 Å². The van der Waals surface area contributed by atoms with Crippen molar-refractivity contribution in [1.29, 1.82) is 0 Å². The molecule has 0 aromatic rings. The number of carbonyl (C=O) groups is 1. The van der Waals surface area contributed by atoms with Gasteiger partial charge in [0.05, 0.1) is 26.7 Å². The molecule has 0 aromatic heterocycles. The van der Waals surface area contributed by atoms with E-state index in [-0.39, 0.29) is 6.61 Å². The largest absolute Gasteiger partial charge is 0.550 e. The molecule has 0 radical (unpaired) electrons. The maximum absolute atomic E-state index is 9.27. The van der Waals surface area contributed by atoms with Crippen LogP contribution in [0.3, 0.4) is 0 Å². The average Bonchev–Trinajstić information content (AvgIpc) is 2.41. The van der Waals surface area contributed by atoms with Crippen LogP contribution in [0, 0.1) is 0 Å². The van der Waals surface area contributed by atoms with Gasteiger partial charge in [-0.05, 0) is 26.2 Å². The normalized spacial score (nSPS) is 10.7. The fourth-order valence-corrected chi connectivity index (χ4v) is 2.07. The summed E-state index contributed by atoms with van der Waals surface area (Å²) >= 11 is 0. The zero-order valence-corrected chi connectivity index (χ0v) is 14.2. The molecule has 0 heterocycles. The van der Waals surface area contributed by atoms with E-state index in [0.717, 1.165) is 0 Å². The summed E-state index contributed by atoms with van der Waals surface area (Å²) in [5.41, 5.74) is 0. The minimum Gasteiger partial charge on any atom is -0.550 e. The predicted molar refractivity (Wildman–Crippen MR) is 82.5 cm³/mol. The van der Waals surface area contributed by atoms with E-state index in [2.05, 4.69) is 32.6 Å². The second-order valence-corrected chi connectivity index (χ2v) is 5.53. The highest BCUT2D eigenvalue weighted by molar-refractivity contribution is 5.53. The standard InChI is InChI=1S/C13H30N.C3H6O3/c1-5-8-11-14(4,12-9-6-2)13-10-7-3;1-2-6-3(4)5/h5-13H2,1-4H3;2H2,1H3,(H,4,5)/q+1;/p-1. The first-order valence-electron chi connectivity index (χ1n) is 8.13. The highest BCUT2D eigenvalue weighted by Crippen LogP contribution is 2.10. The molecule has 20 heavy (non-hydrogen) atoms. The van der Waals surface area contributed by atoms with Gasteiger partial charge >= 0.3 is 0 Å². The fourth-order valence-electron chi connectivity index (χ4n) is 2.07. The van der Waals surface area contributed by atoms with Crippen LogP contribution in [-0.4, -0.2) is 43.9 Å². The molecule has 4 heteroatoms. The van der Waals surface area contributed by atoms with Crippen LogP contribution in [0.25, 0.3) is 0 Å². The number of quaternary nitrogens is 1. The average molecular weight is 289 g/mol. The number of carboxylic acid groups (broad SMARTS) is 1. The van der Waals surface area contributed by atoms with Gasteiger partial charge in [0.25, 0.3) is 6.16 Å². The maximum Gasteiger partial charge on any atom is 0.251 e. The van der Waals surface area contributed by atoms with Crippen LogP contribution in [0.4, 0.5) is 4.79 Å². The molecule has 0 N–H and O–H groups in total. The van der Waals surface area contributed by atoms with Crippen LogP contribution in [0.5, 0.6) is 0 Å². The van der Waals surface area contributed by atoms with Crippen molar-refractivity contribution in [3.05, 3.63) is 0 Å². The minimum atomic E-state index is -1.46. The SMILES string of the molecule is CCCC[N+](C)(CCCC)CCCC.CCOC(=O)[O-]. The monoisotopic (exact) mass is 289 g/mol. The van der Waals surface area contributed by atoms with Crippen molar-refractivity contribution in [2.75, 3.05) is 33.3 Å². The van der Waals surface area contributed by atoms with Gasteiger partial charge < -0.3 is 19.1 Å². The van der Waals surface area contributed by atoms with Gasteiger partial charge in [-0.3, -0.25) is 0 Å². The first kappa shape index (κ1) is 21.5. The summed E-state index contributed by atoms with van der Waals surface area (Å²) in [5.74, 6) is 0. The molecule has 0 saturated carbocycles. The summed E-state index contributed by atoms with van der Waals surface area (Å²) in [6, 6.07) is 0. The van der Waals surface area contributed by atoms with Gasteiger partial charge in [0.2, 0.25) is 0 Å². The fraction of sp³-hybridized carbons (Fsp3) is 0.938. The highest BCUT2D eigenvalue weighted by Gasteiger charge is 2.18. The molecule has 0 aliphatic carbocycles. The van der Waals surface area contributed by atoms with Gasteiger partial charge in [0.15, 0.2) is 0 Å². The summed E-state index contributed by atoms with van der Waals surface area (Å²) in [5, 5.41) is 9.27. The first-order valence-corrected chi connectivity index (χ1v) is 8.13. The molecule has 0 bridgehead atoms. The Kier molecular flexibility index (Phi) is 15.8. The van der Waals surface area contributed by atoms with Gasteiger partial charge in [-0.2, -0.15) is 0 Å². The second-order valence-electron chi connectivity index (χ2n) is 5.53. The number of unbranched alkanes of at least 4 members (excludes halogenated alkanes) is 3. The summed E-state index contributed by atoms with van der Waals surface area (Å²) in [7, 11) is 2.45. The molecule has 0 amide bonds. The number of nitrogens with zero attached hydrogens (tertiary/aromatic N) is 1. The van der Waals surface area contributed by atoms with Crippen molar-refractivity contribution in [2.24, 2.45) is 0 Å². The molecule has 0 rings (SSSR count). The number of carbonyl (C=O) groups excluding carboxylic acids is 1. The molecule has 0 fully saturated rings. The second kappa shape index (κ2) is 14.6. The van der Waals surface area contributed by atoms with E-state index >= 15 is 0 Å². The van der Waals surface area contributed by atoms with Crippen LogP contribution >= 0.6 is 0 Å². The lowest BCUT2D eigenvalue weighted by atomic mass is 10.2. The molecule has 0 aromatic carbocycles. The van der Waals surface area contributed by atoms with E-state index in [1.54, 1.807) is 6.92 Å². The number of hydrogen-bond donors (Lipinski definition) is 0. The topological polar surface area (TPSA) is 49.4 Å². The molecule has 0 aliphatic heterocycles. The van der Waals surface area contributed by atoms with Gasteiger partial charge in [-0.25, -0.2) is 0 Å². The molecule has 0 atom stereocenters. The molecule has 0 unspecified atom stereocenters. The first-order chi connectivity index (χ1) is 9.45. The van der Waals surface area contributed by atoms with Crippen LogP contribution in [-0.2, 0) is 4.74 Å². The Hall–Kier alpha value is -0.770. The Morgan fingerprint density at radius 1 is 0.900 bits per heavy atom. The zero-order valence-electron chi connectivity index (χ0n) is 14.2. The number of ether oxygens (including phenoxy) is 1. The van der Waals surface area contributed by atoms with Crippen LogP contribution in [0.2, 0.25) is 0 Å².